The van der Waals surface area contributed by atoms with Gasteiger partial charge < -0.3 is 9.47 Å². The first-order valence-electron chi connectivity index (χ1n) is 9.14. The van der Waals surface area contributed by atoms with Crippen LogP contribution in [-0.4, -0.2) is 63.8 Å². The number of ether oxygens (including phenoxy) is 2. The van der Waals surface area contributed by atoms with Gasteiger partial charge in [-0.3, -0.25) is 9.69 Å². The summed E-state index contributed by atoms with van der Waals surface area (Å²) in [4.78, 5) is 14.5. The third kappa shape index (κ3) is 5.01. The molecule has 2 bridgehead atoms. The number of likely N-dealkylation sites (tertiary alicyclic amines) is 1. The maximum atomic E-state index is 12.1. The van der Waals surface area contributed by atoms with Gasteiger partial charge in [0, 0.05) is 31.5 Å². The molecule has 0 N–H and O–H groups in total. The van der Waals surface area contributed by atoms with Crippen molar-refractivity contribution in [2.75, 3.05) is 32.0 Å². The smallest absolute Gasteiger partial charge is 0.319 e. The van der Waals surface area contributed by atoms with Gasteiger partial charge in [-0.05, 0) is 19.1 Å². The maximum Gasteiger partial charge on any atom is 0.319 e. The van der Waals surface area contributed by atoms with Crippen molar-refractivity contribution in [3.8, 4) is 0 Å². The topological polar surface area (TPSA) is 38.8 Å². The predicted octanol–water partition coefficient (Wildman–Crippen LogP) is 3.35. The van der Waals surface area contributed by atoms with Gasteiger partial charge in [-0.1, -0.05) is 49.5 Å². The molecule has 0 spiro atoms. The van der Waals surface area contributed by atoms with Gasteiger partial charge in [0.15, 0.2) is 0 Å². The summed E-state index contributed by atoms with van der Waals surface area (Å²) >= 11 is 8.44. The molecule has 0 radical (unpaired) electrons. The Kier molecular flexibility index (Phi) is 7.26. The molecule has 5 unspecified atom stereocenters. The van der Waals surface area contributed by atoms with Crippen molar-refractivity contribution in [1.82, 2.24) is 4.90 Å². The Bertz CT molecular complexity index is 508. The fourth-order valence-electron chi connectivity index (χ4n) is 3.72. The van der Waals surface area contributed by atoms with Crippen LogP contribution in [0, 0.1) is 11.8 Å². The maximum absolute atomic E-state index is 12.1. The molecule has 3 heterocycles. The summed E-state index contributed by atoms with van der Waals surface area (Å²) in [5.41, 5.74) is 0. The molecule has 3 rings (SSSR count). The second kappa shape index (κ2) is 9.22. The number of carbonyl (C=O) groups is 1. The first-order chi connectivity index (χ1) is 12.1. The number of unbranched alkanes of at least 4 members (excludes halogenated alkanes) is 1. The van der Waals surface area contributed by atoms with E-state index in [1.54, 1.807) is 11.8 Å². The summed E-state index contributed by atoms with van der Waals surface area (Å²) in [5.74, 6) is 2.12. The molecule has 2 fully saturated rings. The predicted molar refractivity (Wildman–Crippen MR) is 109 cm³/mol. The zero-order chi connectivity index (χ0) is 17.8. The van der Waals surface area contributed by atoms with Gasteiger partial charge in [0.05, 0.1) is 12.2 Å². The first kappa shape index (κ1) is 19.7. The fraction of sp³-hybridized carbons (Fsp3) is 0.778. The van der Waals surface area contributed by atoms with Crippen molar-refractivity contribution >= 4 is 45.2 Å². The largest absolute Gasteiger partial charge is 0.463 e. The molecule has 0 aromatic carbocycles. The molecule has 3 aliphatic rings. The molecule has 0 aromatic heterocycles. The number of thiocarbonyl (C=S) groups is 1. The number of hydrogen-bond acceptors (Lipinski definition) is 7. The third-order valence-corrected chi connectivity index (χ3v) is 7.86. The molecule has 0 aliphatic carbocycles. The molecule has 140 valence electrons. The first-order valence-corrected chi connectivity index (χ1v) is 11.4. The molecular weight excluding hydrogens is 374 g/mol. The average Bonchev–Trinajstić information content (AvgIpc) is 3.27. The highest BCUT2D eigenvalue weighted by atomic mass is 32.2. The van der Waals surface area contributed by atoms with Crippen molar-refractivity contribution in [3.63, 3.8) is 0 Å². The quantitative estimate of drug-likeness (QED) is 0.267. The van der Waals surface area contributed by atoms with E-state index >= 15 is 0 Å². The van der Waals surface area contributed by atoms with E-state index in [9.17, 15) is 4.79 Å². The molecular formula is C18H27NO3S3. The molecule has 5 atom stereocenters. The third-order valence-electron chi connectivity index (χ3n) is 5.11. The molecule has 0 saturated carbocycles. The van der Waals surface area contributed by atoms with E-state index in [2.05, 4.69) is 24.0 Å². The molecule has 7 heteroatoms. The van der Waals surface area contributed by atoms with Gasteiger partial charge in [0.1, 0.15) is 15.4 Å². The normalized spacial score (nSPS) is 31.3. The van der Waals surface area contributed by atoms with E-state index in [1.165, 1.54) is 18.2 Å². The van der Waals surface area contributed by atoms with Crippen LogP contribution in [0.15, 0.2) is 12.2 Å². The van der Waals surface area contributed by atoms with Gasteiger partial charge in [-0.2, -0.15) is 0 Å². The van der Waals surface area contributed by atoms with Crippen LogP contribution in [-0.2, 0) is 14.3 Å². The average molecular weight is 402 g/mol. The van der Waals surface area contributed by atoms with Crippen LogP contribution in [0.25, 0.3) is 0 Å². The number of nitrogens with zero attached hydrogens (tertiary/aromatic N) is 1. The lowest BCUT2D eigenvalue weighted by Gasteiger charge is -2.19. The fourth-order valence-corrected chi connectivity index (χ4v) is 6.41. The Morgan fingerprint density at radius 3 is 2.68 bits per heavy atom. The second-order valence-electron chi connectivity index (χ2n) is 6.92. The molecule has 25 heavy (non-hydrogen) atoms. The highest BCUT2D eigenvalue weighted by molar-refractivity contribution is 8.47. The zero-order valence-corrected chi connectivity index (χ0v) is 17.3. The highest BCUT2D eigenvalue weighted by Gasteiger charge is 2.50. The van der Waals surface area contributed by atoms with Gasteiger partial charge in [-0.25, -0.2) is 0 Å². The molecule has 0 amide bonds. The summed E-state index contributed by atoms with van der Waals surface area (Å²) in [6.07, 6.45) is 7.35. The number of carbonyl (C=O) groups excluding carboxylic acids is 1. The number of fused-ring (bicyclic) bond motifs is 5. The Morgan fingerprint density at radius 2 is 2.04 bits per heavy atom. The Hall–Kier alpha value is -0.0800. The Labute approximate surface area is 164 Å². The summed E-state index contributed by atoms with van der Waals surface area (Å²) < 4.78 is 12.2. The van der Waals surface area contributed by atoms with Crippen LogP contribution in [0.4, 0.5) is 0 Å². The van der Waals surface area contributed by atoms with E-state index in [0.717, 1.165) is 35.3 Å². The van der Waals surface area contributed by atoms with Crippen molar-refractivity contribution in [3.05, 3.63) is 12.2 Å². The van der Waals surface area contributed by atoms with E-state index in [1.807, 2.05) is 6.92 Å². The standard InChI is InChI=1S/C18H27NO3S3/c1-3-4-9-24-18(23)25-12(2)17(20)21-8-7-19-10-13-14(11-19)16-6-5-15(13)22-16/h5-6,12-16H,3-4,7-11H2,1-2H3. The minimum Gasteiger partial charge on any atom is -0.463 e. The summed E-state index contributed by atoms with van der Waals surface area (Å²) in [6.45, 7) is 7.42. The van der Waals surface area contributed by atoms with Crippen LogP contribution in [0.5, 0.6) is 0 Å². The van der Waals surface area contributed by atoms with Crippen molar-refractivity contribution in [1.29, 1.82) is 0 Å². The van der Waals surface area contributed by atoms with Crippen LogP contribution in [0.1, 0.15) is 26.7 Å². The Balaban J connectivity index is 1.30. The summed E-state index contributed by atoms with van der Waals surface area (Å²) in [6, 6.07) is 0. The van der Waals surface area contributed by atoms with E-state index in [-0.39, 0.29) is 11.2 Å². The number of esters is 1. The minimum atomic E-state index is -0.229. The van der Waals surface area contributed by atoms with E-state index < -0.39 is 0 Å². The van der Waals surface area contributed by atoms with Crippen LogP contribution < -0.4 is 0 Å². The van der Waals surface area contributed by atoms with E-state index in [4.69, 9.17) is 21.7 Å². The lowest BCUT2D eigenvalue weighted by Crippen LogP contribution is -2.30. The summed E-state index contributed by atoms with van der Waals surface area (Å²) in [5, 5.41) is -0.229. The van der Waals surface area contributed by atoms with Crippen LogP contribution in [0.3, 0.4) is 0 Å². The number of thioether (sulfide) groups is 2. The van der Waals surface area contributed by atoms with Crippen LogP contribution >= 0.6 is 35.7 Å². The van der Waals surface area contributed by atoms with Gasteiger partial charge in [-0.15, -0.1) is 11.8 Å². The molecule has 0 aromatic rings. The minimum absolute atomic E-state index is 0.159. The second-order valence-corrected chi connectivity index (χ2v) is 10.6. The number of rotatable bonds is 8. The van der Waals surface area contributed by atoms with Crippen molar-refractivity contribution in [2.24, 2.45) is 11.8 Å². The molecule has 3 aliphatic heterocycles. The molecule has 4 nitrogen and oxygen atoms in total. The zero-order valence-electron chi connectivity index (χ0n) is 14.9. The van der Waals surface area contributed by atoms with Crippen LogP contribution in [0.2, 0.25) is 0 Å². The van der Waals surface area contributed by atoms with Crippen molar-refractivity contribution in [2.45, 2.75) is 44.1 Å². The highest BCUT2D eigenvalue weighted by Crippen LogP contribution is 2.43. The van der Waals surface area contributed by atoms with Gasteiger partial charge in [0.2, 0.25) is 0 Å². The molecule has 2 saturated heterocycles. The lowest BCUT2D eigenvalue weighted by molar-refractivity contribution is -0.143. The van der Waals surface area contributed by atoms with Gasteiger partial charge >= 0.3 is 5.97 Å². The monoisotopic (exact) mass is 401 g/mol. The number of hydrogen-bond donors (Lipinski definition) is 0. The van der Waals surface area contributed by atoms with Crippen molar-refractivity contribution < 1.29 is 14.3 Å². The Morgan fingerprint density at radius 1 is 1.36 bits per heavy atom. The summed E-state index contributed by atoms with van der Waals surface area (Å²) in [7, 11) is 0. The van der Waals surface area contributed by atoms with Gasteiger partial charge in [0.25, 0.3) is 0 Å². The lowest BCUT2D eigenvalue weighted by atomic mass is 9.86. The van der Waals surface area contributed by atoms with E-state index in [0.29, 0.717) is 30.7 Å². The SMILES string of the molecule is CCCCSC(=S)SC(C)C(=O)OCCN1CC2C3C=CC(O3)C2C1.